The van der Waals surface area contributed by atoms with E-state index in [9.17, 15) is 0 Å². The van der Waals surface area contributed by atoms with Gasteiger partial charge in [-0.25, -0.2) is 0 Å². The second-order valence-corrected chi connectivity index (χ2v) is 6.59. The van der Waals surface area contributed by atoms with E-state index in [1.807, 2.05) is 6.07 Å². The molecule has 0 spiro atoms. The zero-order valence-corrected chi connectivity index (χ0v) is 13.1. The van der Waals surface area contributed by atoms with Crippen molar-refractivity contribution in [2.24, 2.45) is 11.1 Å². The Morgan fingerprint density at radius 3 is 2.90 bits per heavy atom. The molecule has 1 heterocycles. The molecule has 2 N–H and O–H groups in total. The molecule has 0 aliphatic carbocycles. The molecule has 20 heavy (non-hydrogen) atoms. The van der Waals surface area contributed by atoms with Crippen molar-refractivity contribution in [3.8, 4) is 5.75 Å². The van der Waals surface area contributed by atoms with Crippen LogP contribution < -0.4 is 10.5 Å². The van der Waals surface area contributed by atoms with Gasteiger partial charge in [-0.2, -0.15) is 0 Å². The summed E-state index contributed by atoms with van der Waals surface area (Å²) in [6.07, 6.45) is 2.13. The number of hydrogen-bond donors (Lipinski definition) is 1. The van der Waals surface area contributed by atoms with Gasteiger partial charge in [0.15, 0.2) is 0 Å². The van der Waals surface area contributed by atoms with E-state index >= 15 is 0 Å². The van der Waals surface area contributed by atoms with Crippen LogP contribution in [0.15, 0.2) is 24.3 Å². The lowest BCUT2D eigenvalue weighted by atomic mass is 9.79. The second kappa shape index (κ2) is 6.59. The van der Waals surface area contributed by atoms with Crippen LogP contribution >= 0.6 is 0 Å². The van der Waals surface area contributed by atoms with Crippen molar-refractivity contribution < 1.29 is 4.74 Å². The maximum absolute atomic E-state index is 6.20. The second-order valence-electron chi connectivity index (χ2n) is 6.59. The molecule has 1 unspecified atom stereocenters. The predicted molar refractivity (Wildman–Crippen MR) is 83.9 cm³/mol. The van der Waals surface area contributed by atoms with Crippen LogP contribution in [0.25, 0.3) is 0 Å². The van der Waals surface area contributed by atoms with Crippen LogP contribution in [0, 0.1) is 5.41 Å². The first-order valence-corrected chi connectivity index (χ1v) is 7.71. The molecule has 3 nitrogen and oxygen atoms in total. The molecule has 112 valence electrons. The molecule has 3 heteroatoms. The molecule has 0 saturated carbocycles. The number of ether oxygens (including phenoxy) is 1. The largest absolute Gasteiger partial charge is 0.494 e. The van der Waals surface area contributed by atoms with Crippen LogP contribution in [0.1, 0.15) is 39.2 Å². The molecular formula is C17H28N2O. The van der Waals surface area contributed by atoms with Crippen LogP contribution in [0.3, 0.4) is 0 Å². The molecule has 1 fully saturated rings. The van der Waals surface area contributed by atoms with E-state index in [0.29, 0.717) is 6.04 Å². The number of nitrogens with zero attached hydrogens (tertiary/aromatic N) is 1. The fraction of sp³-hybridized carbons (Fsp3) is 0.647. The molecule has 1 aromatic carbocycles. The summed E-state index contributed by atoms with van der Waals surface area (Å²) in [5.41, 5.74) is 7.73. The topological polar surface area (TPSA) is 38.5 Å². The molecule has 0 aromatic heterocycles. The van der Waals surface area contributed by atoms with Crippen LogP contribution in [-0.2, 0) is 6.54 Å². The number of benzene rings is 1. The van der Waals surface area contributed by atoms with E-state index in [2.05, 4.69) is 43.9 Å². The zero-order valence-electron chi connectivity index (χ0n) is 13.1. The summed E-state index contributed by atoms with van der Waals surface area (Å²) < 4.78 is 5.70. The highest BCUT2D eigenvalue weighted by atomic mass is 16.5. The van der Waals surface area contributed by atoms with E-state index in [-0.39, 0.29) is 5.41 Å². The van der Waals surface area contributed by atoms with Gasteiger partial charge in [0.2, 0.25) is 0 Å². The van der Waals surface area contributed by atoms with Gasteiger partial charge < -0.3 is 10.5 Å². The minimum atomic E-state index is 0.203. The fourth-order valence-electron chi connectivity index (χ4n) is 2.83. The number of likely N-dealkylation sites (tertiary alicyclic amines) is 1. The third-order valence-electron chi connectivity index (χ3n) is 4.17. The normalized spacial score (nSPS) is 22.7. The van der Waals surface area contributed by atoms with E-state index in [4.69, 9.17) is 10.5 Å². The lowest BCUT2D eigenvalue weighted by Crippen LogP contribution is -2.52. The SMILES string of the molecule is CCCOc1cccc(CN2CCC(N)C(C)(C)C2)c1. The van der Waals surface area contributed by atoms with E-state index in [1.165, 1.54) is 5.56 Å². The van der Waals surface area contributed by atoms with Gasteiger partial charge in [-0.1, -0.05) is 32.9 Å². The van der Waals surface area contributed by atoms with Gasteiger partial charge in [0.05, 0.1) is 6.61 Å². The average Bonchev–Trinajstić information content (AvgIpc) is 2.41. The van der Waals surface area contributed by atoms with Crippen molar-refractivity contribution in [2.45, 2.75) is 46.2 Å². The van der Waals surface area contributed by atoms with Crippen molar-refractivity contribution in [3.63, 3.8) is 0 Å². The minimum absolute atomic E-state index is 0.203. The van der Waals surface area contributed by atoms with Crippen molar-refractivity contribution in [3.05, 3.63) is 29.8 Å². The predicted octanol–water partition coefficient (Wildman–Crippen LogP) is 3.03. The first-order valence-electron chi connectivity index (χ1n) is 7.71. The van der Waals surface area contributed by atoms with Crippen LogP contribution in [0.5, 0.6) is 5.75 Å². The maximum Gasteiger partial charge on any atom is 0.119 e. The van der Waals surface area contributed by atoms with Gasteiger partial charge >= 0.3 is 0 Å². The molecule has 1 aliphatic heterocycles. The summed E-state index contributed by atoms with van der Waals surface area (Å²) in [4.78, 5) is 2.50. The Kier molecular flexibility index (Phi) is 5.06. The fourth-order valence-corrected chi connectivity index (χ4v) is 2.83. The molecule has 1 aromatic rings. The minimum Gasteiger partial charge on any atom is -0.494 e. The zero-order chi connectivity index (χ0) is 14.6. The maximum atomic E-state index is 6.20. The Bertz CT molecular complexity index is 431. The van der Waals surface area contributed by atoms with Gasteiger partial charge in [0.25, 0.3) is 0 Å². The number of hydrogen-bond acceptors (Lipinski definition) is 3. The monoisotopic (exact) mass is 276 g/mol. The third-order valence-corrected chi connectivity index (χ3v) is 4.17. The van der Waals surface area contributed by atoms with Crippen LogP contribution in [-0.4, -0.2) is 30.6 Å². The Labute approximate surface area is 123 Å². The first kappa shape index (κ1) is 15.3. The van der Waals surface area contributed by atoms with Crippen molar-refractivity contribution >= 4 is 0 Å². The summed E-state index contributed by atoms with van der Waals surface area (Å²) in [7, 11) is 0. The lowest BCUT2D eigenvalue weighted by molar-refractivity contribution is 0.0898. The van der Waals surface area contributed by atoms with Gasteiger partial charge in [0.1, 0.15) is 5.75 Å². The average molecular weight is 276 g/mol. The number of nitrogens with two attached hydrogens (primary N) is 1. The Balaban J connectivity index is 1.96. The molecule has 1 saturated heterocycles. The standard InChI is InChI=1S/C17H28N2O/c1-4-10-20-15-7-5-6-14(11-15)12-19-9-8-16(18)17(2,3)13-19/h5-7,11,16H,4,8-10,12-13,18H2,1-3H3. The van der Waals surface area contributed by atoms with E-state index in [0.717, 1.165) is 44.8 Å². The molecule has 1 aliphatic rings. The molecule has 2 rings (SSSR count). The van der Waals surface area contributed by atoms with Crippen molar-refractivity contribution in [1.82, 2.24) is 4.90 Å². The summed E-state index contributed by atoms with van der Waals surface area (Å²) in [6.45, 7) is 10.6. The Morgan fingerprint density at radius 2 is 2.20 bits per heavy atom. The Hall–Kier alpha value is -1.06. The smallest absolute Gasteiger partial charge is 0.119 e. The quantitative estimate of drug-likeness (QED) is 0.898. The van der Waals surface area contributed by atoms with Crippen LogP contribution in [0.4, 0.5) is 0 Å². The Morgan fingerprint density at radius 1 is 1.40 bits per heavy atom. The highest BCUT2D eigenvalue weighted by molar-refractivity contribution is 5.28. The summed E-state index contributed by atoms with van der Waals surface area (Å²) >= 11 is 0. The van der Waals surface area contributed by atoms with Crippen molar-refractivity contribution in [2.75, 3.05) is 19.7 Å². The van der Waals surface area contributed by atoms with Crippen LogP contribution in [0.2, 0.25) is 0 Å². The number of rotatable bonds is 5. The summed E-state index contributed by atoms with van der Waals surface area (Å²) in [5, 5.41) is 0. The molecule has 0 radical (unpaired) electrons. The third kappa shape index (κ3) is 3.97. The molecule has 0 amide bonds. The van der Waals surface area contributed by atoms with E-state index in [1.54, 1.807) is 0 Å². The summed E-state index contributed by atoms with van der Waals surface area (Å²) in [6, 6.07) is 8.78. The molecule has 0 bridgehead atoms. The highest BCUT2D eigenvalue weighted by Gasteiger charge is 2.33. The number of piperidine rings is 1. The molecule has 1 atom stereocenters. The van der Waals surface area contributed by atoms with Gasteiger partial charge in [-0.15, -0.1) is 0 Å². The van der Waals surface area contributed by atoms with Gasteiger partial charge in [-0.05, 0) is 36.0 Å². The first-order chi connectivity index (χ1) is 9.51. The molecular weight excluding hydrogens is 248 g/mol. The van der Waals surface area contributed by atoms with Crippen molar-refractivity contribution in [1.29, 1.82) is 0 Å². The lowest BCUT2D eigenvalue weighted by Gasteiger charge is -2.42. The highest BCUT2D eigenvalue weighted by Crippen LogP contribution is 2.28. The summed E-state index contributed by atoms with van der Waals surface area (Å²) in [5.74, 6) is 0.984. The van der Waals surface area contributed by atoms with Gasteiger partial charge in [-0.3, -0.25) is 4.90 Å². The van der Waals surface area contributed by atoms with E-state index < -0.39 is 0 Å². The van der Waals surface area contributed by atoms with Gasteiger partial charge in [0, 0.05) is 25.7 Å².